The molecule has 1 radical (unpaired) electrons. The number of ether oxygens (including phenoxy) is 1. The van der Waals surface area contributed by atoms with E-state index in [9.17, 15) is 4.79 Å². The van der Waals surface area contributed by atoms with E-state index in [1.54, 1.807) is 0 Å². The molecule has 0 atom stereocenters. The highest BCUT2D eigenvalue weighted by molar-refractivity contribution is 5.68. The lowest BCUT2D eigenvalue weighted by molar-refractivity contribution is 0.0204. The summed E-state index contributed by atoms with van der Waals surface area (Å²) in [7, 11) is 0. The van der Waals surface area contributed by atoms with Crippen LogP contribution in [0.1, 0.15) is 57.6 Å². The third-order valence-corrected chi connectivity index (χ3v) is 3.91. The first kappa shape index (κ1) is 15.9. The standard InChI is InChI=1S/C18H26NO2/c1-5-14-8-6-7-9-16(14)15-10-12-19(13-11-15)17(20)21-18(2,3)4/h6-8,15H,5,10-13H2,1-4H3. The van der Waals surface area contributed by atoms with Crippen LogP contribution in [0.15, 0.2) is 18.2 Å². The molecule has 0 spiro atoms. The Morgan fingerprint density at radius 1 is 1.38 bits per heavy atom. The van der Waals surface area contributed by atoms with E-state index in [0.29, 0.717) is 5.92 Å². The van der Waals surface area contributed by atoms with Crippen LogP contribution in [0.2, 0.25) is 0 Å². The Hall–Kier alpha value is -1.51. The lowest BCUT2D eigenvalue weighted by Gasteiger charge is -2.34. The Bertz CT molecular complexity index is 482. The number of rotatable bonds is 2. The molecule has 3 heteroatoms. The van der Waals surface area contributed by atoms with Crippen molar-refractivity contribution in [3.05, 3.63) is 35.4 Å². The summed E-state index contributed by atoms with van der Waals surface area (Å²) < 4.78 is 5.44. The van der Waals surface area contributed by atoms with Crippen LogP contribution in [0.4, 0.5) is 4.79 Å². The van der Waals surface area contributed by atoms with Gasteiger partial charge in [-0.1, -0.05) is 25.1 Å². The van der Waals surface area contributed by atoms with Gasteiger partial charge in [-0.3, -0.25) is 0 Å². The SMILES string of the molecule is CCc1ccc[c]c1C1CCN(C(=O)OC(C)(C)C)CC1. The monoisotopic (exact) mass is 288 g/mol. The predicted octanol–water partition coefficient (Wildman–Crippen LogP) is 4.16. The van der Waals surface area contributed by atoms with E-state index < -0.39 is 5.60 Å². The summed E-state index contributed by atoms with van der Waals surface area (Å²) in [5, 5.41) is 0. The van der Waals surface area contributed by atoms with Gasteiger partial charge in [-0.15, -0.1) is 0 Å². The van der Waals surface area contributed by atoms with Gasteiger partial charge in [0.1, 0.15) is 5.60 Å². The van der Waals surface area contributed by atoms with E-state index >= 15 is 0 Å². The highest BCUT2D eigenvalue weighted by atomic mass is 16.6. The summed E-state index contributed by atoms with van der Waals surface area (Å²) in [6, 6.07) is 9.64. The van der Waals surface area contributed by atoms with E-state index in [0.717, 1.165) is 32.4 Å². The second-order valence-electron chi connectivity index (χ2n) is 6.70. The molecule has 1 heterocycles. The largest absolute Gasteiger partial charge is 0.444 e. The van der Waals surface area contributed by atoms with Crippen LogP contribution in [0, 0.1) is 6.07 Å². The van der Waals surface area contributed by atoms with E-state index in [2.05, 4.69) is 25.1 Å². The van der Waals surface area contributed by atoms with Crippen LogP contribution in [0.5, 0.6) is 0 Å². The van der Waals surface area contributed by atoms with E-state index in [-0.39, 0.29) is 6.09 Å². The smallest absolute Gasteiger partial charge is 0.410 e. The zero-order valence-corrected chi connectivity index (χ0v) is 13.6. The van der Waals surface area contributed by atoms with Crippen molar-refractivity contribution in [2.24, 2.45) is 0 Å². The Balaban J connectivity index is 1.96. The van der Waals surface area contributed by atoms with Gasteiger partial charge in [-0.2, -0.15) is 0 Å². The molecule has 1 amide bonds. The van der Waals surface area contributed by atoms with Gasteiger partial charge in [0.15, 0.2) is 0 Å². The zero-order valence-electron chi connectivity index (χ0n) is 13.6. The molecular weight excluding hydrogens is 262 g/mol. The molecule has 1 saturated heterocycles. The van der Waals surface area contributed by atoms with Gasteiger partial charge in [0.25, 0.3) is 0 Å². The highest BCUT2D eigenvalue weighted by Gasteiger charge is 2.28. The minimum absolute atomic E-state index is 0.186. The number of piperidine rings is 1. The number of carbonyl (C=O) groups is 1. The summed E-state index contributed by atoms with van der Waals surface area (Å²) in [5.41, 5.74) is 2.30. The summed E-state index contributed by atoms with van der Waals surface area (Å²) >= 11 is 0. The minimum atomic E-state index is -0.420. The van der Waals surface area contributed by atoms with Gasteiger partial charge >= 0.3 is 6.09 Å². The summed E-state index contributed by atoms with van der Waals surface area (Å²) in [6.07, 6.45) is 2.84. The van der Waals surface area contributed by atoms with Crippen molar-refractivity contribution >= 4 is 6.09 Å². The molecule has 0 aromatic heterocycles. The number of nitrogens with zero attached hydrogens (tertiary/aromatic N) is 1. The third-order valence-electron chi connectivity index (χ3n) is 3.91. The van der Waals surface area contributed by atoms with E-state index in [4.69, 9.17) is 4.74 Å². The fraction of sp³-hybridized carbons (Fsp3) is 0.611. The van der Waals surface area contributed by atoms with Crippen LogP contribution >= 0.6 is 0 Å². The Kier molecular flexibility index (Phi) is 4.92. The van der Waals surface area contributed by atoms with Crippen molar-refractivity contribution in [1.29, 1.82) is 0 Å². The normalized spacial score (nSPS) is 16.9. The Morgan fingerprint density at radius 2 is 2.05 bits per heavy atom. The van der Waals surface area contributed by atoms with Crippen molar-refractivity contribution in [3.8, 4) is 0 Å². The van der Waals surface area contributed by atoms with E-state index in [1.807, 2.05) is 31.7 Å². The lowest BCUT2D eigenvalue weighted by Crippen LogP contribution is -2.41. The number of carbonyl (C=O) groups excluding carboxylic acids is 1. The molecule has 1 aliphatic heterocycles. The van der Waals surface area contributed by atoms with Crippen LogP contribution in [0.3, 0.4) is 0 Å². The number of hydrogen-bond acceptors (Lipinski definition) is 2. The van der Waals surface area contributed by atoms with Crippen LogP contribution in [-0.2, 0) is 11.2 Å². The summed E-state index contributed by atoms with van der Waals surface area (Å²) in [6.45, 7) is 9.44. The number of benzene rings is 1. The molecule has 1 aliphatic rings. The molecule has 0 bridgehead atoms. The molecule has 2 rings (SSSR count). The minimum Gasteiger partial charge on any atom is -0.444 e. The van der Waals surface area contributed by atoms with Crippen LogP contribution < -0.4 is 0 Å². The number of hydrogen-bond donors (Lipinski definition) is 0. The quantitative estimate of drug-likeness (QED) is 0.817. The summed E-state index contributed by atoms with van der Waals surface area (Å²) in [5.74, 6) is 0.514. The molecule has 0 N–H and O–H groups in total. The fourth-order valence-electron chi connectivity index (χ4n) is 2.85. The van der Waals surface area contributed by atoms with Gasteiger partial charge in [0, 0.05) is 13.1 Å². The maximum atomic E-state index is 12.1. The Morgan fingerprint density at radius 3 is 2.62 bits per heavy atom. The predicted molar refractivity (Wildman–Crippen MR) is 84.4 cm³/mol. The molecule has 3 nitrogen and oxygen atoms in total. The van der Waals surface area contributed by atoms with Gasteiger partial charge in [0.2, 0.25) is 0 Å². The first-order chi connectivity index (χ1) is 9.90. The molecule has 1 fully saturated rings. The number of likely N-dealkylation sites (tertiary alicyclic amines) is 1. The van der Waals surface area contributed by atoms with Gasteiger partial charge in [0.05, 0.1) is 0 Å². The van der Waals surface area contributed by atoms with Gasteiger partial charge in [-0.25, -0.2) is 4.79 Å². The molecule has 21 heavy (non-hydrogen) atoms. The van der Waals surface area contributed by atoms with Crippen molar-refractivity contribution in [2.75, 3.05) is 13.1 Å². The molecule has 0 unspecified atom stereocenters. The topological polar surface area (TPSA) is 29.5 Å². The average molecular weight is 288 g/mol. The molecule has 0 saturated carbocycles. The second kappa shape index (κ2) is 6.50. The Labute approximate surface area is 128 Å². The molecule has 115 valence electrons. The molecular formula is C18H26NO2. The van der Waals surface area contributed by atoms with Gasteiger partial charge < -0.3 is 9.64 Å². The van der Waals surface area contributed by atoms with Crippen molar-refractivity contribution in [2.45, 2.75) is 58.5 Å². The third kappa shape index (κ3) is 4.23. The highest BCUT2D eigenvalue weighted by Crippen LogP contribution is 2.30. The molecule has 0 aliphatic carbocycles. The van der Waals surface area contributed by atoms with Crippen molar-refractivity contribution in [3.63, 3.8) is 0 Å². The lowest BCUT2D eigenvalue weighted by atomic mass is 9.86. The molecule has 1 aromatic rings. The van der Waals surface area contributed by atoms with Gasteiger partial charge in [-0.05, 0) is 63.1 Å². The number of aryl methyl sites for hydroxylation is 1. The van der Waals surface area contributed by atoms with Crippen molar-refractivity contribution in [1.82, 2.24) is 4.90 Å². The first-order valence-corrected chi connectivity index (χ1v) is 7.88. The summed E-state index contributed by atoms with van der Waals surface area (Å²) in [4.78, 5) is 13.9. The second-order valence-corrected chi connectivity index (χ2v) is 6.70. The van der Waals surface area contributed by atoms with Crippen LogP contribution in [0.25, 0.3) is 0 Å². The number of amides is 1. The average Bonchev–Trinajstić information content (AvgIpc) is 2.45. The zero-order chi connectivity index (χ0) is 15.5. The maximum absolute atomic E-state index is 12.1. The van der Waals surface area contributed by atoms with Crippen LogP contribution in [-0.4, -0.2) is 29.7 Å². The fourth-order valence-corrected chi connectivity index (χ4v) is 2.85. The molecule has 1 aromatic carbocycles. The van der Waals surface area contributed by atoms with Crippen molar-refractivity contribution < 1.29 is 9.53 Å². The maximum Gasteiger partial charge on any atom is 0.410 e. The first-order valence-electron chi connectivity index (χ1n) is 7.88. The van der Waals surface area contributed by atoms with E-state index in [1.165, 1.54) is 11.1 Å².